The van der Waals surface area contributed by atoms with Gasteiger partial charge in [0.15, 0.2) is 0 Å². The predicted octanol–water partition coefficient (Wildman–Crippen LogP) is -2.50. The van der Waals surface area contributed by atoms with Crippen LogP contribution in [-0.2, 0) is 20.2 Å². The van der Waals surface area contributed by atoms with Gasteiger partial charge in [-0.2, -0.15) is 0 Å². The molecule has 0 bridgehead atoms. The Hall–Kier alpha value is -0.780. The van der Waals surface area contributed by atoms with Crippen molar-refractivity contribution in [2.24, 2.45) is 0 Å². The molecule has 0 aromatic heterocycles. The zero-order valence-corrected chi connectivity index (χ0v) is 22.0. The Kier molecular flexibility index (Phi) is 10.2. The maximum absolute atomic E-state index is 10.9. The number of hydrogen-bond acceptors (Lipinski definition) is 6. The van der Waals surface area contributed by atoms with Crippen LogP contribution in [0.1, 0.15) is 0 Å². The van der Waals surface area contributed by atoms with E-state index in [9.17, 15) is 25.9 Å². The van der Waals surface area contributed by atoms with Crippen LogP contribution in [-0.4, -0.2) is 25.9 Å². The van der Waals surface area contributed by atoms with Crippen LogP contribution >= 0.6 is 0 Å². The van der Waals surface area contributed by atoms with Crippen LogP contribution in [0.2, 0.25) is 0 Å². The van der Waals surface area contributed by atoms with Crippen LogP contribution in [0.5, 0.6) is 0 Å². The van der Waals surface area contributed by atoms with Crippen molar-refractivity contribution in [1.29, 1.82) is 0 Å². The molecule has 0 N–H and O–H groups in total. The normalized spacial score (nSPS) is 11.0. The van der Waals surface area contributed by atoms with Crippen LogP contribution < -0.4 is 59.1 Å². The Bertz CT molecular complexity index is 1250. The van der Waals surface area contributed by atoms with Crippen molar-refractivity contribution in [3.8, 4) is 0 Å². The number of rotatable bonds is 2. The molecule has 0 spiro atoms. The van der Waals surface area contributed by atoms with E-state index < -0.39 is 20.2 Å². The summed E-state index contributed by atoms with van der Waals surface area (Å²) in [5.41, 5.74) is 0. The first-order valence-corrected chi connectivity index (χ1v) is 10.9. The van der Waals surface area contributed by atoms with E-state index >= 15 is 0 Å². The predicted molar refractivity (Wildman–Crippen MR) is 104 cm³/mol. The van der Waals surface area contributed by atoms with Crippen LogP contribution in [0.3, 0.4) is 0 Å². The van der Waals surface area contributed by atoms with E-state index in [4.69, 9.17) is 0 Å². The van der Waals surface area contributed by atoms with E-state index in [0.717, 1.165) is 10.8 Å². The van der Waals surface area contributed by atoms with Gasteiger partial charge in [0.25, 0.3) is 0 Å². The third-order valence-electron chi connectivity index (χ3n) is 4.04. The molecule has 4 aromatic carbocycles. The Morgan fingerprint density at radius 3 is 1.10 bits per heavy atom. The summed E-state index contributed by atoms with van der Waals surface area (Å²) in [5.74, 6) is 0. The summed E-state index contributed by atoms with van der Waals surface area (Å²) in [4.78, 5) is -0.314. The minimum absolute atomic E-state index is 0. The molecular formula is C20H14Na2O6S2. The largest absolute Gasteiger partial charge is 1.00 e. The van der Waals surface area contributed by atoms with E-state index in [1.165, 1.54) is 12.1 Å². The Morgan fingerprint density at radius 1 is 0.467 bits per heavy atom. The Labute approximate surface area is 219 Å². The fraction of sp³-hybridized carbons (Fsp3) is 0. The molecule has 0 aliphatic rings. The first-order valence-electron chi connectivity index (χ1n) is 8.05. The average molecular weight is 460 g/mol. The topological polar surface area (TPSA) is 114 Å². The van der Waals surface area contributed by atoms with Crippen LogP contribution in [0, 0.1) is 0 Å². The van der Waals surface area contributed by atoms with Crippen LogP contribution in [0.15, 0.2) is 94.7 Å². The molecule has 0 aliphatic carbocycles. The first kappa shape index (κ1) is 27.3. The smallest absolute Gasteiger partial charge is 0.744 e. The molecule has 144 valence electrons. The SMILES string of the molecule is O=S(=O)([O-])c1cccc2ccccc12.O=S(=O)([O-])c1cccc2ccccc12.[Na+].[Na+]. The Morgan fingerprint density at radius 2 is 0.767 bits per heavy atom. The molecule has 10 heteroatoms. The van der Waals surface area contributed by atoms with Gasteiger partial charge in [0.1, 0.15) is 20.2 Å². The number of benzene rings is 4. The van der Waals surface area contributed by atoms with Crippen molar-refractivity contribution in [3.05, 3.63) is 84.9 Å². The fourth-order valence-electron chi connectivity index (χ4n) is 2.83. The van der Waals surface area contributed by atoms with Crippen molar-refractivity contribution in [1.82, 2.24) is 0 Å². The van der Waals surface area contributed by atoms with Gasteiger partial charge in [0.05, 0.1) is 9.79 Å². The van der Waals surface area contributed by atoms with Gasteiger partial charge in [0.2, 0.25) is 0 Å². The summed E-state index contributed by atoms with van der Waals surface area (Å²) < 4.78 is 65.3. The van der Waals surface area contributed by atoms with Gasteiger partial charge >= 0.3 is 59.1 Å². The molecule has 0 saturated heterocycles. The van der Waals surface area contributed by atoms with Gasteiger partial charge in [0, 0.05) is 0 Å². The minimum Gasteiger partial charge on any atom is -0.744 e. The first-order chi connectivity index (χ1) is 13.2. The van der Waals surface area contributed by atoms with Gasteiger partial charge < -0.3 is 9.11 Å². The summed E-state index contributed by atoms with van der Waals surface area (Å²) in [6.07, 6.45) is 0. The van der Waals surface area contributed by atoms with E-state index in [0.29, 0.717) is 10.8 Å². The van der Waals surface area contributed by atoms with Gasteiger partial charge in [-0.1, -0.05) is 72.8 Å². The average Bonchev–Trinajstić information content (AvgIpc) is 2.66. The van der Waals surface area contributed by atoms with Crippen molar-refractivity contribution in [2.45, 2.75) is 9.79 Å². The van der Waals surface area contributed by atoms with Gasteiger partial charge in [-0.3, -0.25) is 0 Å². The summed E-state index contributed by atoms with van der Waals surface area (Å²) in [6.45, 7) is 0. The fourth-order valence-corrected chi connectivity index (χ4v) is 4.23. The van der Waals surface area contributed by atoms with E-state index in [1.807, 2.05) is 0 Å². The summed E-state index contributed by atoms with van der Waals surface area (Å²) in [6, 6.07) is 23.1. The van der Waals surface area contributed by atoms with Crippen molar-refractivity contribution < 1.29 is 85.1 Å². The molecule has 0 amide bonds. The molecule has 0 heterocycles. The molecule has 0 aliphatic heterocycles. The second-order valence-corrected chi connectivity index (χ2v) is 8.56. The third kappa shape index (κ3) is 6.61. The maximum atomic E-state index is 10.9. The minimum atomic E-state index is -4.38. The monoisotopic (exact) mass is 460 g/mol. The molecule has 4 rings (SSSR count). The maximum Gasteiger partial charge on any atom is 1.00 e. The molecule has 30 heavy (non-hydrogen) atoms. The van der Waals surface area contributed by atoms with Crippen molar-refractivity contribution in [3.63, 3.8) is 0 Å². The molecule has 0 radical (unpaired) electrons. The van der Waals surface area contributed by atoms with Crippen LogP contribution in [0.4, 0.5) is 0 Å². The summed E-state index contributed by atoms with van der Waals surface area (Å²) in [5, 5.41) is 2.46. The standard InChI is InChI=1S/2C10H8O3S.2Na/c2*11-14(12,13)10-7-3-5-8-4-1-2-6-9(8)10;;/h2*1-7H,(H,11,12,13);;/q;;2*+1/p-2. The Balaban J connectivity index is 0.000000281. The third-order valence-corrected chi connectivity index (χ3v) is 5.83. The molecule has 6 nitrogen and oxygen atoms in total. The molecule has 0 unspecified atom stereocenters. The molecule has 0 fully saturated rings. The van der Waals surface area contributed by atoms with E-state index in [-0.39, 0.29) is 68.9 Å². The van der Waals surface area contributed by atoms with Crippen molar-refractivity contribution in [2.75, 3.05) is 0 Å². The van der Waals surface area contributed by atoms with Gasteiger partial charge in [-0.15, -0.1) is 0 Å². The van der Waals surface area contributed by atoms with E-state index in [1.54, 1.807) is 72.8 Å². The van der Waals surface area contributed by atoms with Gasteiger partial charge in [-0.05, 0) is 33.7 Å². The number of hydrogen-bond donors (Lipinski definition) is 0. The zero-order valence-electron chi connectivity index (χ0n) is 16.3. The second kappa shape index (κ2) is 11.2. The summed E-state index contributed by atoms with van der Waals surface area (Å²) in [7, 11) is -8.76. The molecule has 0 saturated carbocycles. The zero-order chi connectivity index (χ0) is 20.4. The van der Waals surface area contributed by atoms with Gasteiger partial charge in [-0.25, -0.2) is 16.8 Å². The molecule has 0 atom stereocenters. The van der Waals surface area contributed by atoms with E-state index in [2.05, 4.69) is 0 Å². The van der Waals surface area contributed by atoms with Crippen molar-refractivity contribution >= 4 is 41.8 Å². The number of fused-ring (bicyclic) bond motifs is 2. The molecule has 4 aromatic rings. The summed E-state index contributed by atoms with van der Waals surface area (Å²) >= 11 is 0. The molecular weight excluding hydrogens is 446 g/mol. The quantitative estimate of drug-likeness (QED) is 0.241. The van der Waals surface area contributed by atoms with Crippen LogP contribution in [0.25, 0.3) is 21.5 Å². The second-order valence-electron chi connectivity index (χ2n) is 5.86.